The van der Waals surface area contributed by atoms with Crippen molar-refractivity contribution in [1.29, 1.82) is 0 Å². The smallest absolute Gasteiger partial charge is 0.255 e. The molecule has 2 heterocycles. The van der Waals surface area contributed by atoms with Crippen molar-refractivity contribution in [3.05, 3.63) is 53.4 Å². The minimum Gasteiger partial charge on any atom is -0.493 e. The van der Waals surface area contributed by atoms with E-state index in [1.807, 2.05) is 29.6 Å². The lowest BCUT2D eigenvalue weighted by molar-refractivity contribution is 0.102. The number of amides is 1. The molecule has 148 valence electrons. The zero-order chi connectivity index (χ0) is 20.4. The third kappa shape index (κ3) is 3.76. The monoisotopic (exact) mass is 426 g/mol. The molecule has 0 aliphatic carbocycles. The molecule has 2 aromatic heterocycles. The zero-order valence-electron chi connectivity index (χ0n) is 16.0. The number of anilines is 1. The van der Waals surface area contributed by atoms with Crippen molar-refractivity contribution in [1.82, 2.24) is 4.98 Å². The minimum atomic E-state index is -0.229. The van der Waals surface area contributed by atoms with Crippen molar-refractivity contribution in [3.63, 3.8) is 0 Å². The van der Waals surface area contributed by atoms with Crippen LogP contribution in [0.4, 0.5) is 5.69 Å². The van der Waals surface area contributed by atoms with E-state index in [4.69, 9.17) is 14.2 Å². The highest BCUT2D eigenvalue weighted by atomic mass is 32.1. The first-order chi connectivity index (χ1) is 14.1. The van der Waals surface area contributed by atoms with Crippen molar-refractivity contribution >= 4 is 44.5 Å². The predicted octanol–water partition coefficient (Wildman–Crippen LogP) is 5.30. The summed E-state index contributed by atoms with van der Waals surface area (Å²) in [6.07, 6.45) is 0. The predicted molar refractivity (Wildman–Crippen MR) is 117 cm³/mol. The SMILES string of the molecule is COc1cc(NC(=O)c2ccc3nc(-c4cccs4)sc3c2)cc(OC)c1OC. The Bertz CT molecular complexity index is 1140. The molecule has 0 unspecified atom stereocenters. The summed E-state index contributed by atoms with van der Waals surface area (Å²) in [5, 5.41) is 5.87. The molecule has 2 aromatic carbocycles. The first kappa shape index (κ1) is 19.2. The Morgan fingerprint density at radius 3 is 2.38 bits per heavy atom. The molecule has 0 saturated carbocycles. The third-order valence-electron chi connectivity index (χ3n) is 4.31. The molecule has 0 aliphatic heterocycles. The number of ether oxygens (including phenoxy) is 3. The van der Waals surface area contributed by atoms with E-state index >= 15 is 0 Å². The zero-order valence-corrected chi connectivity index (χ0v) is 17.6. The molecule has 29 heavy (non-hydrogen) atoms. The van der Waals surface area contributed by atoms with Gasteiger partial charge in [-0.1, -0.05) is 6.07 Å². The maximum absolute atomic E-state index is 12.8. The van der Waals surface area contributed by atoms with Crippen LogP contribution in [-0.2, 0) is 0 Å². The number of nitrogens with zero attached hydrogens (tertiary/aromatic N) is 1. The van der Waals surface area contributed by atoms with E-state index < -0.39 is 0 Å². The Kier molecular flexibility index (Phi) is 5.37. The van der Waals surface area contributed by atoms with Gasteiger partial charge in [0.2, 0.25) is 5.75 Å². The maximum Gasteiger partial charge on any atom is 0.255 e. The van der Waals surface area contributed by atoms with Gasteiger partial charge in [0.15, 0.2) is 11.5 Å². The molecule has 0 bridgehead atoms. The fourth-order valence-electron chi connectivity index (χ4n) is 2.93. The van der Waals surface area contributed by atoms with E-state index in [-0.39, 0.29) is 5.91 Å². The Morgan fingerprint density at radius 2 is 1.76 bits per heavy atom. The summed E-state index contributed by atoms with van der Waals surface area (Å²) in [7, 11) is 4.60. The van der Waals surface area contributed by atoms with Gasteiger partial charge in [-0.2, -0.15) is 0 Å². The fraction of sp³-hybridized carbons (Fsp3) is 0.143. The number of hydrogen-bond donors (Lipinski definition) is 1. The van der Waals surface area contributed by atoms with Gasteiger partial charge in [0.25, 0.3) is 5.91 Å². The minimum absolute atomic E-state index is 0.229. The molecule has 0 saturated heterocycles. The van der Waals surface area contributed by atoms with Crippen molar-refractivity contribution in [2.75, 3.05) is 26.6 Å². The molecule has 1 N–H and O–H groups in total. The van der Waals surface area contributed by atoms with E-state index in [2.05, 4.69) is 10.3 Å². The van der Waals surface area contributed by atoms with Crippen molar-refractivity contribution in [2.24, 2.45) is 0 Å². The summed E-state index contributed by atoms with van der Waals surface area (Å²) in [6, 6.07) is 12.9. The molecule has 0 aliphatic rings. The molecule has 0 radical (unpaired) electrons. The van der Waals surface area contributed by atoms with Crippen LogP contribution in [0.15, 0.2) is 47.8 Å². The van der Waals surface area contributed by atoms with Crippen LogP contribution >= 0.6 is 22.7 Å². The highest BCUT2D eigenvalue weighted by Gasteiger charge is 2.16. The Labute approximate surface area is 175 Å². The molecule has 0 fully saturated rings. The van der Waals surface area contributed by atoms with E-state index in [9.17, 15) is 4.79 Å². The van der Waals surface area contributed by atoms with E-state index in [1.165, 1.54) is 21.3 Å². The first-order valence-electron chi connectivity index (χ1n) is 8.68. The molecule has 1 amide bonds. The molecule has 6 nitrogen and oxygen atoms in total. The Morgan fingerprint density at radius 1 is 1.00 bits per heavy atom. The number of hydrogen-bond acceptors (Lipinski definition) is 7. The molecule has 0 atom stereocenters. The number of aromatic nitrogens is 1. The Hall–Kier alpha value is -3.10. The lowest BCUT2D eigenvalue weighted by atomic mass is 10.2. The van der Waals surface area contributed by atoms with Crippen LogP contribution in [0.5, 0.6) is 17.2 Å². The quantitative estimate of drug-likeness (QED) is 0.453. The van der Waals surface area contributed by atoms with Crippen LogP contribution in [0.2, 0.25) is 0 Å². The highest BCUT2D eigenvalue weighted by molar-refractivity contribution is 7.25. The summed E-state index contributed by atoms with van der Waals surface area (Å²) >= 11 is 3.22. The summed E-state index contributed by atoms with van der Waals surface area (Å²) in [5.41, 5.74) is 1.98. The number of methoxy groups -OCH3 is 3. The summed E-state index contributed by atoms with van der Waals surface area (Å²) in [4.78, 5) is 18.6. The van der Waals surface area contributed by atoms with Gasteiger partial charge in [0.1, 0.15) is 5.01 Å². The average Bonchev–Trinajstić information content (AvgIpc) is 3.41. The second-order valence-corrected chi connectivity index (χ2v) is 8.03. The average molecular weight is 427 g/mol. The van der Waals surface area contributed by atoms with Gasteiger partial charge >= 0.3 is 0 Å². The summed E-state index contributed by atoms with van der Waals surface area (Å²) in [6.45, 7) is 0. The number of rotatable bonds is 6. The molecule has 4 aromatic rings. The van der Waals surface area contributed by atoms with Crippen LogP contribution in [0, 0.1) is 0 Å². The van der Waals surface area contributed by atoms with Crippen LogP contribution in [0.1, 0.15) is 10.4 Å². The number of carbonyl (C=O) groups is 1. The molecular weight excluding hydrogens is 408 g/mol. The molecule has 0 spiro atoms. The molecule has 8 heteroatoms. The highest BCUT2D eigenvalue weighted by Crippen LogP contribution is 2.40. The van der Waals surface area contributed by atoms with Gasteiger partial charge < -0.3 is 19.5 Å². The van der Waals surface area contributed by atoms with Crippen LogP contribution in [0.25, 0.3) is 20.1 Å². The number of thiophene rings is 1. The van der Waals surface area contributed by atoms with Crippen molar-refractivity contribution < 1.29 is 19.0 Å². The standard InChI is InChI=1S/C21H18N2O4S2/c1-25-15-10-13(11-16(26-2)19(15)27-3)22-20(24)12-6-7-14-18(9-12)29-21(23-14)17-5-4-8-28-17/h4-11H,1-3H3,(H,22,24). The number of nitrogens with one attached hydrogen (secondary N) is 1. The van der Waals surface area contributed by atoms with Crippen molar-refractivity contribution in [2.45, 2.75) is 0 Å². The Balaban J connectivity index is 1.62. The number of benzene rings is 2. The second-order valence-electron chi connectivity index (χ2n) is 6.05. The maximum atomic E-state index is 12.8. The van der Waals surface area contributed by atoms with Crippen LogP contribution in [-0.4, -0.2) is 32.2 Å². The lowest BCUT2D eigenvalue weighted by Crippen LogP contribution is -2.12. The van der Waals surface area contributed by atoms with Crippen LogP contribution < -0.4 is 19.5 Å². The topological polar surface area (TPSA) is 69.7 Å². The van der Waals surface area contributed by atoms with E-state index in [1.54, 1.807) is 40.9 Å². The molecular formula is C21H18N2O4S2. The van der Waals surface area contributed by atoms with Gasteiger partial charge in [-0.25, -0.2) is 4.98 Å². The number of fused-ring (bicyclic) bond motifs is 1. The van der Waals surface area contributed by atoms with Gasteiger partial charge in [-0.3, -0.25) is 4.79 Å². The summed E-state index contributed by atoms with van der Waals surface area (Å²) < 4.78 is 17.0. The van der Waals surface area contributed by atoms with Gasteiger partial charge in [-0.05, 0) is 29.6 Å². The third-order valence-corrected chi connectivity index (χ3v) is 6.36. The van der Waals surface area contributed by atoms with Crippen LogP contribution in [0.3, 0.4) is 0 Å². The van der Waals surface area contributed by atoms with Gasteiger partial charge in [0.05, 0.1) is 36.4 Å². The normalized spacial score (nSPS) is 10.7. The largest absolute Gasteiger partial charge is 0.493 e. The second kappa shape index (κ2) is 8.10. The number of thiazole rings is 1. The lowest BCUT2D eigenvalue weighted by Gasteiger charge is -2.14. The van der Waals surface area contributed by atoms with E-state index in [0.29, 0.717) is 28.5 Å². The fourth-order valence-corrected chi connectivity index (χ4v) is 4.73. The molecule has 4 rings (SSSR count). The first-order valence-corrected chi connectivity index (χ1v) is 10.4. The number of carbonyl (C=O) groups excluding carboxylic acids is 1. The van der Waals surface area contributed by atoms with E-state index in [0.717, 1.165) is 20.1 Å². The van der Waals surface area contributed by atoms with Crippen molar-refractivity contribution in [3.8, 4) is 27.1 Å². The van der Waals surface area contributed by atoms with Gasteiger partial charge in [0, 0.05) is 23.4 Å². The summed E-state index contributed by atoms with van der Waals surface area (Å²) in [5.74, 6) is 1.19. The van der Waals surface area contributed by atoms with Gasteiger partial charge in [-0.15, -0.1) is 22.7 Å².